The van der Waals surface area contributed by atoms with E-state index in [0.717, 1.165) is 35.5 Å². The van der Waals surface area contributed by atoms with E-state index in [1.165, 1.54) is 0 Å². The lowest BCUT2D eigenvalue weighted by Crippen LogP contribution is -2.31. The van der Waals surface area contributed by atoms with Crippen molar-refractivity contribution in [1.82, 2.24) is 4.90 Å². The van der Waals surface area contributed by atoms with Gasteiger partial charge in [-0.1, -0.05) is 24.3 Å². The molecule has 1 fully saturated rings. The van der Waals surface area contributed by atoms with Gasteiger partial charge in [-0.3, -0.25) is 4.79 Å². The van der Waals surface area contributed by atoms with Crippen LogP contribution in [0.1, 0.15) is 24.0 Å². The van der Waals surface area contributed by atoms with Crippen LogP contribution < -0.4 is 9.47 Å². The Morgan fingerprint density at radius 3 is 1.62 bits per heavy atom. The van der Waals surface area contributed by atoms with Gasteiger partial charge in [0.25, 0.3) is 0 Å². The number of carbonyl (C=O) groups excluding carboxylic acids is 1. The van der Waals surface area contributed by atoms with Crippen LogP contribution in [0.25, 0.3) is 0 Å². The minimum Gasteiger partial charge on any atom is -0.497 e. The molecule has 0 aliphatic heterocycles. The fourth-order valence-electron chi connectivity index (χ4n) is 2.70. The Morgan fingerprint density at radius 1 is 0.875 bits per heavy atom. The summed E-state index contributed by atoms with van der Waals surface area (Å²) in [6.45, 7) is 1.23. The molecule has 4 nitrogen and oxygen atoms in total. The third-order valence-electron chi connectivity index (χ3n) is 4.30. The van der Waals surface area contributed by atoms with E-state index in [1.807, 2.05) is 53.4 Å². The van der Waals surface area contributed by atoms with E-state index in [-0.39, 0.29) is 11.8 Å². The largest absolute Gasteiger partial charge is 0.497 e. The molecular weight excluding hydrogens is 302 g/mol. The second kappa shape index (κ2) is 7.39. The monoisotopic (exact) mass is 325 g/mol. The van der Waals surface area contributed by atoms with Gasteiger partial charge in [-0.25, -0.2) is 0 Å². The van der Waals surface area contributed by atoms with Crippen LogP contribution in [0.2, 0.25) is 0 Å². The van der Waals surface area contributed by atoms with E-state index in [2.05, 4.69) is 0 Å². The summed E-state index contributed by atoms with van der Waals surface area (Å²) < 4.78 is 10.4. The maximum absolute atomic E-state index is 12.6. The third-order valence-corrected chi connectivity index (χ3v) is 4.30. The molecule has 2 aromatic rings. The van der Waals surface area contributed by atoms with Crippen LogP contribution in [0.5, 0.6) is 11.5 Å². The lowest BCUT2D eigenvalue weighted by Gasteiger charge is -2.23. The number of ether oxygens (including phenoxy) is 2. The first kappa shape index (κ1) is 16.4. The second-order valence-corrected chi connectivity index (χ2v) is 6.16. The minimum atomic E-state index is 0.210. The molecule has 2 aromatic carbocycles. The molecule has 0 aromatic heterocycles. The molecule has 1 saturated carbocycles. The number of benzene rings is 2. The van der Waals surface area contributed by atoms with Crippen LogP contribution in [0.3, 0.4) is 0 Å². The lowest BCUT2D eigenvalue weighted by molar-refractivity contribution is -0.133. The van der Waals surface area contributed by atoms with Gasteiger partial charge < -0.3 is 14.4 Å². The van der Waals surface area contributed by atoms with Crippen LogP contribution >= 0.6 is 0 Å². The number of rotatable bonds is 7. The quantitative estimate of drug-likeness (QED) is 0.780. The normalized spacial score (nSPS) is 13.4. The average Bonchev–Trinajstić information content (AvgIpc) is 3.47. The Bertz CT molecular complexity index is 626. The number of hydrogen-bond acceptors (Lipinski definition) is 3. The van der Waals surface area contributed by atoms with Crippen molar-refractivity contribution >= 4 is 5.91 Å². The molecule has 0 atom stereocenters. The van der Waals surface area contributed by atoms with Crippen molar-refractivity contribution in [2.45, 2.75) is 25.9 Å². The summed E-state index contributed by atoms with van der Waals surface area (Å²) in [6, 6.07) is 15.8. The first-order valence-corrected chi connectivity index (χ1v) is 8.24. The highest BCUT2D eigenvalue weighted by molar-refractivity contribution is 5.81. The maximum atomic E-state index is 12.6. The molecule has 0 spiro atoms. The standard InChI is InChI=1S/C20H23NO3/c1-23-18-9-3-15(4-10-18)13-21(20(22)17-7-8-17)14-16-5-11-19(24-2)12-6-16/h3-6,9-12,17H,7-8,13-14H2,1-2H3. The smallest absolute Gasteiger partial charge is 0.226 e. The predicted molar refractivity (Wildman–Crippen MR) is 93.0 cm³/mol. The van der Waals surface area contributed by atoms with E-state index in [9.17, 15) is 4.79 Å². The lowest BCUT2D eigenvalue weighted by atomic mass is 10.1. The number of methoxy groups -OCH3 is 2. The first-order valence-electron chi connectivity index (χ1n) is 8.24. The highest BCUT2D eigenvalue weighted by Gasteiger charge is 2.33. The summed E-state index contributed by atoms with van der Waals surface area (Å²) in [5.74, 6) is 2.12. The molecule has 0 saturated heterocycles. The van der Waals surface area contributed by atoms with Crippen LogP contribution in [-0.2, 0) is 17.9 Å². The van der Waals surface area contributed by atoms with E-state index in [0.29, 0.717) is 13.1 Å². The summed E-state index contributed by atoms with van der Waals surface area (Å²) in [5, 5.41) is 0. The number of carbonyl (C=O) groups is 1. The van der Waals surface area contributed by atoms with Crippen LogP contribution in [-0.4, -0.2) is 25.0 Å². The van der Waals surface area contributed by atoms with E-state index >= 15 is 0 Å². The number of hydrogen-bond donors (Lipinski definition) is 0. The third kappa shape index (κ3) is 4.07. The molecule has 4 heteroatoms. The van der Waals surface area contributed by atoms with E-state index < -0.39 is 0 Å². The van der Waals surface area contributed by atoms with Gasteiger partial charge in [-0.15, -0.1) is 0 Å². The van der Waals surface area contributed by atoms with Crippen LogP contribution in [0.4, 0.5) is 0 Å². The zero-order valence-corrected chi connectivity index (χ0v) is 14.2. The molecule has 1 aliphatic rings. The summed E-state index contributed by atoms with van der Waals surface area (Å²) in [5.41, 5.74) is 2.22. The molecule has 24 heavy (non-hydrogen) atoms. The Labute approximate surface area is 143 Å². The van der Waals surface area contributed by atoms with Crippen molar-refractivity contribution in [3.63, 3.8) is 0 Å². The molecular formula is C20H23NO3. The fraction of sp³-hybridized carbons (Fsp3) is 0.350. The van der Waals surface area contributed by atoms with Crippen LogP contribution in [0.15, 0.2) is 48.5 Å². The van der Waals surface area contributed by atoms with Crippen molar-refractivity contribution in [3.8, 4) is 11.5 Å². The van der Waals surface area contributed by atoms with Gasteiger partial charge in [-0.2, -0.15) is 0 Å². The molecule has 0 radical (unpaired) electrons. The van der Waals surface area contributed by atoms with Gasteiger partial charge in [0.2, 0.25) is 5.91 Å². The summed E-state index contributed by atoms with van der Waals surface area (Å²) >= 11 is 0. The molecule has 1 aliphatic carbocycles. The highest BCUT2D eigenvalue weighted by atomic mass is 16.5. The number of nitrogens with zero attached hydrogens (tertiary/aromatic N) is 1. The Hall–Kier alpha value is -2.49. The first-order chi connectivity index (χ1) is 11.7. The SMILES string of the molecule is COc1ccc(CN(Cc2ccc(OC)cc2)C(=O)C2CC2)cc1. The topological polar surface area (TPSA) is 38.8 Å². The molecule has 0 N–H and O–H groups in total. The van der Waals surface area contributed by atoms with Crippen molar-refractivity contribution in [2.24, 2.45) is 5.92 Å². The Morgan fingerprint density at radius 2 is 1.29 bits per heavy atom. The van der Waals surface area contributed by atoms with Gasteiger partial charge in [-0.05, 0) is 48.2 Å². The van der Waals surface area contributed by atoms with Crippen molar-refractivity contribution < 1.29 is 14.3 Å². The summed E-state index contributed by atoms with van der Waals surface area (Å²) in [6.07, 6.45) is 2.03. The van der Waals surface area contributed by atoms with E-state index in [4.69, 9.17) is 9.47 Å². The molecule has 3 rings (SSSR count). The summed E-state index contributed by atoms with van der Waals surface area (Å²) in [4.78, 5) is 14.6. The predicted octanol–water partition coefficient (Wildman–Crippen LogP) is 3.64. The highest BCUT2D eigenvalue weighted by Crippen LogP contribution is 2.32. The zero-order chi connectivity index (χ0) is 16.9. The van der Waals surface area contributed by atoms with Crippen molar-refractivity contribution in [3.05, 3.63) is 59.7 Å². The maximum Gasteiger partial charge on any atom is 0.226 e. The Kier molecular flexibility index (Phi) is 5.04. The fourth-order valence-corrected chi connectivity index (χ4v) is 2.70. The molecule has 1 amide bonds. The van der Waals surface area contributed by atoms with Gasteiger partial charge in [0, 0.05) is 19.0 Å². The van der Waals surface area contributed by atoms with Gasteiger partial charge in [0.1, 0.15) is 11.5 Å². The van der Waals surface area contributed by atoms with E-state index in [1.54, 1.807) is 14.2 Å². The minimum absolute atomic E-state index is 0.210. The zero-order valence-electron chi connectivity index (χ0n) is 14.2. The van der Waals surface area contributed by atoms with Gasteiger partial charge >= 0.3 is 0 Å². The van der Waals surface area contributed by atoms with Crippen LogP contribution in [0, 0.1) is 5.92 Å². The summed E-state index contributed by atoms with van der Waals surface area (Å²) in [7, 11) is 3.31. The molecule has 126 valence electrons. The Balaban J connectivity index is 1.73. The molecule has 0 bridgehead atoms. The van der Waals surface area contributed by atoms with Crippen molar-refractivity contribution in [2.75, 3.05) is 14.2 Å². The second-order valence-electron chi connectivity index (χ2n) is 6.16. The average molecular weight is 325 g/mol. The van der Waals surface area contributed by atoms with Gasteiger partial charge in [0.15, 0.2) is 0 Å². The number of amides is 1. The van der Waals surface area contributed by atoms with Gasteiger partial charge in [0.05, 0.1) is 14.2 Å². The molecule has 0 heterocycles. The molecule has 0 unspecified atom stereocenters. The van der Waals surface area contributed by atoms with Crippen molar-refractivity contribution in [1.29, 1.82) is 0 Å².